The van der Waals surface area contributed by atoms with Gasteiger partial charge in [-0.3, -0.25) is 0 Å². The lowest BCUT2D eigenvalue weighted by Crippen LogP contribution is -1.92. The van der Waals surface area contributed by atoms with Crippen LogP contribution in [0, 0.1) is 0 Å². The molecule has 0 fully saturated rings. The highest BCUT2D eigenvalue weighted by atomic mass is 19.1. The van der Waals surface area contributed by atoms with Gasteiger partial charge in [-0.25, -0.2) is 9.38 Å². The van der Waals surface area contributed by atoms with Crippen LogP contribution in [-0.4, -0.2) is 16.4 Å². The maximum absolute atomic E-state index is 13.5. The Morgan fingerprint density at radius 1 is 1.29 bits per heavy atom. The van der Waals surface area contributed by atoms with Gasteiger partial charge in [-0.15, -0.1) is 0 Å². The number of phenolic OH excluding ortho intramolecular Hbond substituents is 2. The second-order valence-corrected chi connectivity index (χ2v) is 3.97. The highest BCUT2D eigenvalue weighted by molar-refractivity contribution is 5.79. The van der Waals surface area contributed by atoms with E-state index < -0.39 is 5.83 Å². The standard InChI is InChI=1S/C16H16FNO3/c1-4-12(5-2)15(17)9-18-11(3)21-10-13-6-7-14(19)8-16(13)20/h4-9,19-20H,1-3,10H2/b18-9-. The maximum Gasteiger partial charge on any atom is 0.206 e. The van der Waals surface area contributed by atoms with Crippen LogP contribution < -0.4 is 0 Å². The smallest absolute Gasteiger partial charge is 0.206 e. The average molecular weight is 289 g/mol. The second kappa shape index (κ2) is 7.69. The largest absolute Gasteiger partial charge is 0.508 e. The van der Waals surface area contributed by atoms with Gasteiger partial charge < -0.3 is 14.9 Å². The second-order valence-electron chi connectivity index (χ2n) is 3.97. The number of ether oxygens (including phenoxy) is 1. The molecule has 0 bridgehead atoms. The van der Waals surface area contributed by atoms with Crippen molar-refractivity contribution in [1.82, 2.24) is 0 Å². The molecule has 0 saturated carbocycles. The van der Waals surface area contributed by atoms with E-state index in [1.165, 1.54) is 30.4 Å². The van der Waals surface area contributed by atoms with Gasteiger partial charge in [0.2, 0.25) is 5.88 Å². The molecule has 21 heavy (non-hydrogen) atoms. The summed E-state index contributed by atoms with van der Waals surface area (Å²) < 4.78 is 18.7. The van der Waals surface area contributed by atoms with Crippen molar-refractivity contribution >= 4 is 6.21 Å². The first kappa shape index (κ1) is 16.2. The van der Waals surface area contributed by atoms with Gasteiger partial charge in [-0.05, 0) is 18.7 Å². The maximum atomic E-state index is 13.5. The molecule has 0 aliphatic heterocycles. The molecule has 0 unspecified atom stereocenters. The first-order valence-electron chi connectivity index (χ1n) is 5.99. The van der Waals surface area contributed by atoms with E-state index in [0.717, 1.165) is 6.21 Å². The summed E-state index contributed by atoms with van der Waals surface area (Å²) in [5.74, 6) is -0.803. The average Bonchev–Trinajstić information content (AvgIpc) is 2.45. The number of hydrogen-bond donors (Lipinski definition) is 2. The molecule has 0 aliphatic rings. The van der Waals surface area contributed by atoms with Crippen molar-refractivity contribution in [2.75, 3.05) is 0 Å². The molecule has 0 spiro atoms. The molecule has 0 amide bonds. The third kappa shape index (κ3) is 4.99. The Morgan fingerprint density at radius 3 is 2.52 bits per heavy atom. The first-order chi connectivity index (χ1) is 9.97. The number of rotatable bonds is 7. The Bertz CT molecular complexity index is 608. The van der Waals surface area contributed by atoms with Crippen molar-refractivity contribution in [2.24, 2.45) is 4.99 Å². The van der Waals surface area contributed by atoms with Gasteiger partial charge in [0.05, 0.1) is 6.21 Å². The zero-order valence-electron chi connectivity index (χ0n) is 11.4. The van der Waals surface area contributed by atoms with Crippen LogP contribution in [0.3, 0.4) is 0 Å². The summed E-state index contributed by atoms with van der Waals surface area (Å²) in [5, 5.41) is 18.7. The molecule has 1 aromatic rings. The van der Waals surface area contributed by atoms with Crippen molar-refractivity contribution in [1.29, 1.82) is 0 Å². The fraction of sp³-hybridized carbons (Fsp3) is 0.0625. The van der Waals surface area contributed by atoms with E-state index in [2.05, 4.69) is 24.7 Å². The minimum absolute atomic E-state index is 0.0105. The van der Waals surface area contributed by atoms with Gasteiger partial charge in [0.25, 0.3) is 0 Å². The number of aliphatic imine (C=N–C) groups is 1. The molecule has 1 rings (SSSR count). The van der Waals surface area contributed by atoms with E-state index >= 15 is 0 Å². The van der Waals surface area contributed by atoms with Crippen molar-refractivity contribution in [3.8, 4) is 11.5 Å². The minimum Gasteiger partial charge on any atom is -0.508 e. The quantitative estimate of drug-likeness (QED) is 0.456. The Hall–Kier alpha value is -2.82. The molecule has 0 atom stereocenters. The molecule has 0 aromatic heterocycles. The van der Waals surface area contributed by atoms with E-state index in [1.807, 2.05) is 0 Å². The molecular formula is C16H16FNO3. The van der Waals surface area contributed by atoms with Crippen LogP contribution in [-0.2, 0) is 11.3 Å². The predicted molar refractivity (Wildman–Crippen MR) is 80.7 cm³/mol. The van der Waals surface area contributed by atoms with Gasteiger partial charge in [-0.2, -0.15) is 0 Å². The van der Waals surface area contributed by atoms with Crippen LogP contribution >= 0.6 is 0 Å². The number of phenols is 2. The third-order valence-electron chi connectivity index (χ3n) is 2.50. The van der Waals surface area contributed by atoms with E-state index in [1.54, 1.807) is 0 Å². The van der Waals surface area contributed by atoms with E-state index in [4.69, 9.17) is 9.84 Å². The van der Waals surface area contributed by atoms with Gasteiger partial charge in [0.15, 0.2) is 0 Å². The lowest BCUT2D eigenvalue weighted by Gasteiger charge is -2.07. The van der Waals surface area contributed by atoms with E-state index in [-0.39, 0.29) is 29.6 Å². The summed E-state index contributed by atoms with van der Waals surface area (Å²) in [5.41, 5.74) is 0.653. The highest BCUT2D eigenvalue weighted by Gasteiger charge is 2.03. The summed E-state index contributed by atoms with van der Waals surface area (Å²) >= 11 is 0. The Kier molecular flexibility index (Phi) is 5.95. The first-order valence-corrected chi connectivity index (χ1v) is 5.99. The third-order valence-corrected chi connectivity index (χ3v) is 2.50. The summed E-state index contributed by atoms with van der Waals surface area (Å²) in [6.45, 7) is 10.4. The molecule has 1 aromatic carbocycles. The van der Waals surface area contributed by atoms with Crippen LogP contribution in [0.25, 0.3) is 0 Å². The van der Waals surface area contributed by atoms with Crippen LogP contribution in [0.4, 0.5) is 4.39 Å². The molecule has 0 aliphatic carbocycles. The SMILES string of the molecule is C=CC(C=C)=C(F)/C=N\C(=C)OCc1ccc(O)cc1O. The van der Waals surface area contributed by atoms with Crippen molar-refractivity contribution in [3.63, 3.8) is 0 Å². The predicted octanol–water partition coefficient (Wildman–Crippen LogP) is 3.75. The van der Waals surface area contributed by atoms with E-state index in [0.29, 0.717) is 5.56 Å². The van der Waals surface area contributed by atoms with Crippen LogP contribution in [0.15, 0.2) is 72.4 Å². The van der Waals surface area contributed by atoms with Crippen LogP contribution in [0.1, 0.15) is 5.56 Å². The van der Waals surface area contributed by atoms with Crippen LogP contribution in [0.5, 0.6) is 11.5 Å². The Balaban J connectivity index is 2.64. The number of allylic oxidation sites excluding steroid dienone is 4. The minimum atomic E-state index is -0.614. The molecule has 110 valence electrons. The monoisotopic (exact) mass is 289 g/mol. The summed E-state index contributed by atoms with van der Waals surface area (Å²) in [4.78, 5) is 3.70. The normalized spacial score (nSPS) is 10.1. The molecule has 4 nitrogen and oxygen atoms in total. The number of aromatic hydroxyl groups is 2. The lowest BCUT2D eigenvalue weighted by atomic mass is 10.2. The summed E-state index contributed by atoms with van der Waals surface area (Å²) in [6.07, 6.45) is 3.57. The van der Waals surface area contributed by atoms with Gasteiger partial charge in [0, 0.05) is 17.2 Å². The molecule has 0 saturated heterocycles. The lowest BCUT2D eigenvalue weighted by molar-refractivity contribution is 0.195. The zero-order valence-corrected chi connectivity index (χ0v) is 11.4. The summed E-state index contributed by atoms with van der Waals surface area (Å²) in [7, 11) is 0. The number of benzene rings is 1. The van der Waals surface area contributed by atoms with Crippen molar-refractivity contribution in [3.05, 3.63) is 72.9 Å². The fourth-order valence-electron chi connectivity index (χ4n) is 1.35. The highest BCUT2D eigenvalue weighted by Crippen LogP contribution is 2.23. The van der Waals surface area contributed by atoms with Gasteiger partial charge in [0.1, 0.15) is 23.9 Å². The number of halogens is 1. The molecule has 5 heteroatoms. The summed E-state index contributed by atoms with van der Waals surface area (Å²) in [6, 6.07) is 4.09. The van der Waals surface area contributed by atoms with Crippen molar-refractivity contribution < 1.29 is 19.3 Å². The van der Waals surface area contributed by atoms with Gasteiger partial charge >= 0.3 is 0 Å². The molecular weight excluding hydrogens is 273 g/mol. The Morgan fingerprint density at radius 2 is 1.95 bits per heavy atom. The Labute approximate surface area is 122 Å². The molecule has 2 N–H and O–H groups in total. The number of hydrogen-bond acceptors (Lipinski definition) is 4. The van der Waals surface area contributed by atoms with Crippen molar-refractivity contribution in [2.45, 2.75) is 6.61 Å². The van der Waals surface area contributed by atoms with E-state index in [9.17, 15) is 9.50 Å². The fourth-order valence-corrected chi connectivity index (χ4v) is 1.35. The topological polar surface area (TPSA) is 62.0 Å². The van der Waals surface area contributed by atoms with Gasteiger partial charge in [-0.1, -0.05) is 25.3 Å². The molecule has 0 radical (unpaired) electrons. The van der Waals surface area contributed by atoms with Crippen LogP contribution in [0.2, 0.25) is 0 Å². The number of nitrogens with zero attached hydrogens (tertiary/aromatic N) is 1. The molecule has 0 heterocycles. The zero-order chi connectivity index (χ0) is 15.8.